The van der Waals surface area contributed by atoms with Gasteiger partial charge in [0.2, 0.25) is 0 Å². The Hall–Kier alpha value is -2.17. The Kier molecular flexibility index (Phi) is 4.40. The smallest absolute Gasteiger partial charge is 0.251 e. The third-order valence-electron chi connectivity index (χ3n) is 3.33. The number of nitrogens with one attached hydrogen (secondary N) is 2. The van der Waals surface area contributed by atoms with Crippen molar-refractivity contribution in [3.05, 3.63) is 35.7 Å². The van der Waals surface area contributed by atoms with Crippen LogP contribution in [0.4, 0.5) is 0 Å². The first-order chi connectivity index (χ1) is 9.91. The van der Waals surface area contributed by atoms with Gasteiger partial charge in [-0.15, -0.1) is 0 Å². The molecule has 2 rings (SSSR count). The maximum absolute atomic E-state index is 12.2. The van der Waals surface area contributed by atoms with Crippen molar-refractivity contribution in [2.45, 2.75) is 46.1 Å². The standard InChI is InChI=1S/C16H22N4O/c1-5-10-16(3,4)18-15(21)13-8-6-12(7-9-13)14-17-11(2)19-20-14/h6-9H,5,10H2,1-4H3,(H,18,21)(H,17,19,20). The number of aryl methyl sites for hydroxylation is 1. The predicted octanol–water partition coefficient (Wildman–Crippen LogP) is 3.09. The van der Waals surface area contributed by atoms with Crippen LogP contribution in [0.5, 0.6) is 0 Å². The van der Waals surface area contributed by atoms with Crippen LogP contribution in [0.15, 0.2) is 24.3 Å². The number of carbonyl (C=O) groups is 1. The molecule has 5 heteroatoms. The summed E-state index contributed by atoms with van der Waals surface area (Å²) in [5, 5.41) is 9.98. The Balaban J connectivity index is 2.10. The fourth-order valence-electron chi connectivity index (χ4n) is 2.31. The average Bonchev–Trinajstić information content (AvgIpc) is 2.85. The minimum absolute atomic E-state index is 0.0498. The molecule has 2 N–H and O–H groups in total. The first-order valence-corrected chi connectivity index (χ1v) is 7.23. The maximum atomic E-state index is 12.2. The molecule has 1 amide bonds. The highest BCUT2D eigenvalue weighted by Crippen LogP contribution is 2.17. The van der Waals surface area contributed by atoms with Crippen LogP contribution in [0.3, 0.4) is 0 Å². The van der Waals surface area contributed by atoms with E-state index in [2.05, 4.69) is 27.4 Å². The predicted molar refractivity (Wildman–Crippen MR) is 83.0 cm³/mol. The molecule has 2 aromatic rings. The molecule has 0 bridgehead atoms. The first kappa shape index (κ1) is 15.2. The number of rotatable bonds is 5. The van der Waals surface area contributed by atoms with Crippen LogP contribution in [-0.2, 0) is 0 Å². The van der Waals surface area contributed by atoms with Crippen molar-refractivity contribution in [1.29, 1.82) is 0 Å². The monoisotopic (exact) mass is 286 g/mol. The van der Waals surface area contributed by atoms with Crippen LogP contribution >= 0.6 is 0 Å². The first-order valence-electron chi connectivity index (χ1n) is 7.23. The van der Waals surface area contributed by atoms with E-state index >= 15 is 0 Å². The molecule has 0 fully saturated rings. The third-order valence-corrected chi connectivity index (χ3v) is 3.33. The normalized spacial score (nSPS) is 11.4. The Morgan fingerprint density at radius 2 is 1.95 bits per heavy atom. The van der Waals surface area contributed by atoms with Gasteiger partial charge in [0.05, 0.1) is 0 Å². The summed E-state index contributed by atoms with van der Waals surface area (Å²) in [7, 11) is 0. The number of carbonyl (C=O) groups excluding carboxylic acids is 1. The molecule has 0 aliphatic rings. The summed E-state index contributed by atoms with van der Waals surface area (Å²) >= 11 is 0. The molecular weight excluding hydrogens is 264 g/mol. The lowest BCUT2D eigenvalue weighted by Crippen LogP contribution is -2.43. The summed E-state index contributed by atoms with van der Waals surface area (Å²) in [6, 6.07) is 7.34. The van der Waals surface area contributed by atoms with Gasteiger partial charge in [-0.2, -0.15) is 5.10 Å². The summed E-state index contributed by atoms with van der Waals surface area (Å²) in [4.78, 5) is 16.5. The lowest BCUT2D eigenvalue weighted by molar-refractivity contribution is 0.0909. The number of amides is 1. The summed E-state index contributed by atoms with van der Waals surface area (Å²) in [5.41, 5.74) is 1.35. The highest BCUT2D eigenvalue weighted by Gasteiger charge is 2.20. The van der Waals surface area contributed by atoms with Gasteiger partial charge < -0.3 is 5.32 Å². The summed E-state index contributed by atoms with van der Waals surface area (Å²) in [6.07, 6.45) is 1.99. The van der Waals surface area contributed by atoms with Gasteiger partial charge in [0.1, 0.15) is 5.82 Å². The van der Waals surface area contributed by atoms with E-state index in [0.717, 1.165) is 24.2 Å². The Morgan fingerprint density at radius 1 is 1.29 bits per heavy atom. The maximum Gasteiger partial charge on any atom is 0.251 e. The number of hydrogen-bond donors (Lipinski definition) is 2. The van der Waals surface area contributed by atoms with Gasteiger partial charge >= 0.3 is 0 Å². The second-order valence-corrected chi connectivity index (χ2v) is 5.91. The fraction of sp³-hybridized carbons (Fsp3) is 0.438. The molecular formula is C16H22N4O. The molecule has 0 saturated carbocycles. The van der Waals surface area contributed by atoms with E-state index in [1.165, 1.54) is 0 Å². The van der Waals surface area contributed by atoms with Gasteiger partial charge in [-0.25, -0.2) is 4.98 Å². The molecule has 5 nitrogen and oxygen atoms in total. The topological polar surface area (TPSA) is 70.7 Å². The van der Waals surface area contributed by atoms with Crippen molar-refractivity contribution in [3.8, 4) is 11.4 Å². The van der Waals surface area contributed by atoms with E-state index in [1.54, 1.807) is 12.1 Å². The van der Waals surface area contributed by atoms with Crippen molar-refractivity contribution >= 4 is 5.91 Å². The van der Waals surface area contributed by atoms with Gasteiger partial charge in [-0.1, -0.05) is 25.5 Å². The van der Waals surface area contributed by atoms with Gasteiger partial charge in [-0.05, 0) is 39.3 Å². The molecule has 0 radical (unpaired) electrons. The number of aromatic nitrogens is 3. The zero-order chi connectivity index (χ0) is 15.5. The van der Waals surface area contributed by atoms with E-state index in [1.807, 2.05) is 32.9 Å². The average molecular weight is 286 g/mol. The molecule has 0 atom stereocenters. The molecule has 21 heavy (non-hydrogen) atoms. The number of H-pyrrole nitrogens is 1. The van der Waals surface area contributed by atoms with E-state index in [4.69, 9.17) is 0 Å². The minimum Gasteiger partial charge on any atom is -0.347 e. The minimum atomic E-state index is -0.189. The summed E-state index contributed by atoms with van der Waals surface area (Å²) in [6.45, 7) is 8.05. The van der Waals surface area contributed by atoms with Gasteiger partial charge in [0.25, 0.3) is 5.91 Å². The Morgan fingerprint density at radius 3 is 2.48 bits per heavy atom. The number of aromatic amines is 1. The Labute approximate surface area is 125 Å². The zero-order valence-electron chi connectivity index (χ0n) is 13.0. The van der Waals surface area contributed by atoms with Crippen LogP contribution in [0.1, 0.15) is 49.8 Å². The van der Waals surface area contributed by atoms with Crippen molar-refractivity contribution < 1.29 is 4.79 Å². The van der Waals surface area contributed by atoms with Crippen LogP contribution in [0.25, 0.3) is 11.4 Å². The van der Waals surface area contributed by atoms with Crippen LogP contribution < -0.4 is 5.32 Å². The molecule has 0 spiro atoms. The lowest BCUT2D eigenvalue weighted by Gasteiger charge is -2.25. The second-order valence-electron chi connectivity index (χ2n) is 5.91. The molecule has 112 valence electrons. The highest BCUT2D eigenvalue weighted by atomic mass is 16.1. The van der Waals surface area contributed by atoms with Crippen molar-refractivity contribution in [3.63, 3.8) is 0 Å². The van der Waals surface area contributed by atoms with Crippen molar-refractivity contribution in [2.24, 2.45) is 0 Å². The second kappa shape index (κ2) is 6.08. The van der Waals surface area contributed by atoms with Crippen molar-refractivity contribution in [2.75, 3.05) is 0 Å². The molecule has 0 unspecified atom stereocenters. The van der Waals surface area contributed by atoms with E-state index < -0.39 is 0 Å². The van der Waals surface area contributed by atoms with Gasteiger partial charge in [-0.3, -0.25) is 9.89 Å². The number of hydrogen-bond acceptors (Lipinski definition) is 3. The summed E-state index contributed by atoms with van der Waals surface area (Å²) in [5.74, 6) is 1.37. The van der Waals surface area contributed by atoms with Crippen LogP contribution in [0.2, 0.25) is 0 Å². The zero-order valence-corrected chi connectivity index (χ0v) is 13.0. The highest BCUT2D eigenvalue weighted by molar-refractivity contribution is 5.95. The fourth-order valence-corrected chi connectivity index (χ4v) is 2.31. The quantitative estimate of drug-likeness (QED) is 0.887. The number of nitrogens with zero attached hydrogens (tertiary/aromatic N) is 2. The number of benzene rings is 1. The lowest BCUT2D eigenvalue weighted by atomic mass is 9.98. The van der Waals surface area contributed by atoms with Crippen molar-refractivity contribution in [1.82, 2.24) is 20.5 Å². The molecule has 1 heterocycles. The molecule has 0 aliphatic heterocycles. The largest absolute Gasteiger partial charge is 0.347 e. The van der Waals surface area contributed by atoms with E-state index in [9.17, 15) is 4.79 Å². The summed E-state index contributed by atoms with van der Waals surface area (Å²) < 4.78 is 0. The van der Waals surface area contributed by atoms with Gasteiger partial charge in [0, 0.05) is 16.7 Å². The molecule has 1 aromatic heterocycles. The van der Waals surface area contributed by atoms with Crippen LogP contribution in [0, 0.1) is 6.92 Å². The third kappa shape index (κ3) is 3.90. The van der Waals surface area contributed by atoms with Gasteiger partial charge in [0.15, 0.2) is 5.82 Å². The van der Waals surface area contributed by atoms with E-state index in [0.29, 0.717) is 11.4 Å². The van der Waals surface area contributed by atoms with Crippen LogP contribution in [-0.4, -0.2) is 26.6 Å². The SMILES string of the molecule is CCCC(C)(C)NC(=O)c1ccc(-c2n[nH]c(C)n2)cc1. The molecule has 1 aromatic carbocycles. The van der Waals surface area contributed by atoms with E-state index in [-0.39, 0.29) is 11.4 Å². The molecule has 0 saturated heterocycles. The molecule has 0 aliphatic carbocycles. The Bertz CT molecular complexity index is 613.